The molecule has 1 aromatic heterocycles. The molecule has 16 heavy (non-hydrogen) atoms. The number of rotatable bonds is 5. The van der Waals surface area contributed by atoms with Crippen LogP contribution in [0.25, 0.3) is 0 Å². The van der Waals surface area contributed by atoms with Crippen LogP contribution in [0.15, 0.2) is 12.5 Å². The van der Waals surface area contributed by atoms with Crippen LogP contribution in [0.2, 0.25) is 0 Å². The minimum absolute atomic E-state index is 0.104. The van der Waals surface area contributed by atoms with Crippen molar-refractivity contribution in [3.05, 3.63) is 18.2 Å². The van der Waals surface area contributed by atoms with E-state index in [4.69, 9.17) is 10.5 Å². The predicted molar refractivity (Wildman–Crippen MR) is 63.0 cm³/mol. The number of imidazole rings is 1. The Bertz CT molecular complexity index is 318. The number of nitrogens with two attached hydrogens (primary N) is 1. The molecule has 1 aliphatic rings. The Morgan fingerprint density at radius 3 is 3.25 bits per heavy atom. The van der Waals surface area contributed by atoms with Gasteiger partial charge in [0.2, 0.25) is 0 Å². The van der Waals surface area contributed by atoms with E-state index in [9.17, 15) is 0 Å². The van der Waals surface area contributed by atoms with Gasteiger partial charge in [-0.1, -0.05) is 6.92 Å². The standard InChI is InChI=1S/C12H21N3O/c1-2-11(13)12-8-14-9-15(12)6-5-10-4-3-7-16-10/h8-11H,2-7,13H2,1H3/t10?,11-/m1/s1. The molecule has 0 saturated carbocycles. The van der Waals surface area contributed by atoms with Crippen LogP contribution in [0.1, 0.15) is 44.3 Å². The van der Waals surface area contributed by atoms with Gasteiger partial charge < -0.3 is 15.0 Å². The third-order valence-corrected chi connectivity index (χ3v) is 3.28. The zero-order valence-electron chi connectivity index (χ0n) is 9.93. The molecule has 1 saturated heterocycles. The van der Waals surface area contributed by atoms with E-state index in [1.54, 1.807) is 0 Å². The molecule has 90 valence electrons. The fourth-order valence-corrected chi connectivity index (χ4v) is 2.19. The Labute approximate surface area is 96.8 Å². The van der Waals surface area contributed by atoms with E-state index in [2.05, 4.69) is 16.5 Å². The zero-order valence-corrected chi connectivity index (χ0v) is 9.93. The fraction of sp³-hybridized carbons (Fsp3) is 0.750. The smallest absolute Gasteiger partial charge is 0.0948 e. The largest absolute Gasteiger partial charge is 0.378 e. The summed E-state index contributed by atoms with van der Waals surface area (Å²) >= 11 is 0. The summed E-state index contributed by atoms with van der Waals surface area (Å²) in [6.45, 7) is 3.99. The van der Waals surface area contributed by atoms with Gasteiger partial charge in [0.15, 0.2) is 0 Å². The lowest BCUT2D eigenvalue weighted by molar-refractivity contribution is 0.100. The van der Waals surface area contributed by atoms with Gasteiger partial charge >= 0.3 is 0 Å². The Morgan fingerprint density at radius 1 is 1.69 bits per heavy atom. The van der Waals surface area contributed by atoms with Crippen LogP contribution in [0.4, 0.5) is 0 Å². The molecule has 1 aliphatic heterocycles. The minimum Gasteiger partial charge on any atom is -0.378 e. The lowest BCUT2D eigenvalue weighted by atomic mass is 10.1. The van der Waals surface area contributed by atoms with E-state index in [-0.39, 0.29) is 6.04 Å². The molecule has 4 heteroatoms. The zero-order chi connectivity index (χ0) is 11.4. The van der Waals surface area contributed by atoms with Crippen molar-refractivity contribution in [1.82, 2.24) is 9.55 Å². The summed E-state index contributed by atoms with van der Waals surface area (Å²) in [5, 5.41) is 0. The van der Waals surface area contributed by atoms with Crippen molar-refractivity contribution in [2.24, 2.45) is 5.73 Å². The minimum atomic E-state index is 0.104. The van der Waals surface area contributed by atoms with Crippen molar-refractivity contribution >= 4 is 0 Å². The monoisotopic (exact) mass is 223 g/mol. The molecule has 0 aromatic carbocycles. The van der Waals surface area contributed by atoms with Gasteiger partial charge in [-0.05, 0) is 25.7 Å². The van der Waals surface area contributed by atoms with E-state index in [0.29, 0.717) is 6.10 Å². The first kappa shape index (κ1) is 11.6. The third-order valence-electron chi connectivity index (χ3n) is 3.28. The number of hydrogen-bond acceptors (Lipinski definition) is 3. The molecule has 2 N–H and O–H groups in total. The first-order valence-electron chi connectivity index (χ1n) is 6.18. The normalized spacial score (nSPS) is 22.5. The highest BCUT2D eigenvalue weighted by Gasteiger charge is 2.16. The van der Waals surface area contributed by atoms with Crippen molar-refractivity contribution in [2.75, 3.05) is 6.61 Å². The van der Waals surface area contributed by atoms with Crippen molar-refractivity contribution in [3.63, 3.8) is 0 Å². The van der Waals surface area contributed by atoms with Gasteiger partial charge in [-0.2, -0.15) is 0 Å². The summed E-state index contributed by atoms with van der Waals surface area (Å²) in [5.74, 6) is 0. The summed E-state index contributed by atoms with van der Waals surface area (Å²) in [7, 11) is 0. The number of ether oxygens (including phenoxy) is 1. The Kier molecular flexibility index (Phi) is 3.96. The molecule has 1 fully saturated rings. The first-order chi connectivity index (χ1) is 7.81. The van der Waals surface area contributed by atoms with Crippen LogP contribution in [0.3, 0.4) is 0 Å². The van der Waals surface area contributed by atoms with Gasteiger partial charge in [0.25, 0.3) is 0 Å². The summed E-state index contributed by atoms with van der Waals surface area (Å²) < 4.78 is 7.78. The molecular weight excluding hydrogens is 202 g/mol. The van der Waals surface area contributed by atoms with E-state index < -0.39 is 0 Å². The molecule has 2 rings (SSSR count). The summed E-state index contributed by atoms with van der Waals surface area (Å²) in [6.07, 6.45) is 8.61. The Morgan fingerprint density at radius 2 is 2.56 bits per heavy atom. The highest BCUT2D eigenvalue weighted by atomic mass is 16.5. The molecular formula is C12H21N3O. The topological polar surface area (TPSA) is 53.1 Å². The number of nitrogens with zero attached hydrogens (tertiary/aromatic N) is 2. The van der Waals surface area contributed by atoms with Crippen molar-refractivity contribution in [3.8, 4) is 0 Å². The van der Waals surface area contributed by atoms with Crippen LogP contribution in [-0.2, 0) is 11.3 Å². The second-order valence-electron chi connectivity index (χ2n) is 4.45. The molecule has 2 atom stereocenters. The van der Waals surface area contributed by atoms with Crippen LogP contribution >= 0.6 is 0 Å². The maximum Gasteiger partial charge on any atom is 0.0948 e. The van der Waals surface area contributed by atoms with Gasteiger partial charge in [-0.25, -0.2) is 4.98 Å². The van der Waals surface area contributed by atoms with Crippen LogP contribution in [0.5, 0.6) is 0 Å². The maximum absolute atomic E-state index is 6.03. The lowest BCUT2D eigenvalue weighted by Gasteiger charge is -2.14. The first-order valence-corrected chi connectivity index (χ1v) is 6.18. The van der Waals surface area contributed by atoms with Crippen LogP contribution < -0.4 is 5.73 Å². The summed E-state index contributed by atoms with van der Waals surface area (Å²) in [5.41, 5.74) is 7.17. The van der Waals surface area contributed by atoms with E-state index in [1.807, 2.05) is 12.5 Å². The molecule has 1 unspecified atom stereocenters. The maximum atomic E-state index is 6.03. The molecule has 0 amide bonds. The SMILES string of the molecule is CC[C@@H](N)c1cncn1CCC1CCCO1. The average molecular weight is 223 g/mol. The molecule has 4 nitrogen and oxygen atoms in total. The molecule has 0 bridgehead atoms. The molecule has 0 spiro atoms. The highest BCUT2D eigenvalue weighted by Crippen LogP contribution is 2.18. The van der Waals surface area contributed by atoms with Gasteiger partial charge in [-0.3, -0.25) is 0 Å². The highest BCUT2D eigenvalue weighted by molar-refractivity contribution is 5.04. The second-order valence-corrected chi connectivity index (χ2v) is 4.45. The van der Waals surface area contributed by atoms with Crippen molar-refractivity contribution < 1.29 is 4.74 Å². The molecule has 0 aliphatic carbocycles. The fourth-order valence-electron chi connectivity index (χ4n) is 2.19. The summed E-state index contributed by atoms with van der Waals surface area (Å²) in [4.78, 5) is 4.18. The van der Waals surface area contributed by atoms with Crippen LogP contribution in [-0.4, -0.2) is 22.3 Å². The predicted octanol–water partition coefficient (Wildman–Crippen LogP) is 1.86. The summed E-state index contributed by atoms with van der Waals surface area (Å²) in [6, 6.07) is 0.104. The number of hydrogen-bond donors (Lipinski definition) is 1. The molecule has 0 radical (unpaired) electrons. The molecule has 1 aromatic rings. The van der Waals surface area contributed by atoms with Crippen LogP contribution in [0, 0.1) is 0 Å². The van der Waals surface area contributed by atoms with Crippen molar-refractivity contribution in [2.45, 2.75) is 51.3 Å². The number of aromatic nitrogens is 2. The van der Waals surface area contributed by atoms with Gasteiger partial charge in [0, 0.05) is 25.4 Å². The Balaban J connectivity index is 1.90. The Hall–Kier alpha value is -0.870. The average Bonchev–Trinajstić information content (AvgIpc) is 2.96. The lowest BCUT2D eigenvalue weighted by Crippen LogP contribution is -2.16. The van der Waals surface area contributed by atoms with E-state index >= 15 is 0 Å². The molecule has 2 heterocycles. The number of aryl methyl sites for hydroxylation is 1. The van der Waals surface area contributed by atoms with Crippen molar-refractivity contribution in [1.29, 1.82) is 0 Å². The van der Waals surface area contributed by atoms with Gasteiger partial charge in [0.1, 0.15) is 0 Å². The van der Waals surface area contributed by atoms with E-state index in [1.165, 1.54) is 12.8 Å². The second kappa shape index (κ2) is 5.46. The van der Waals surface area contributed by atoms with Gasteiger partial charge in [-0.15, -0.1) is 0 Å². The van der Waals surface area contributed by atoms with Gasteiger partial charge in [0.05, 0.1) is 18.1 Å². The third kappa shape index (κ3) is 2.62. The van der Waals surface area contributed by atoms with E-state index in [0.717, 1.165) is 31.7 Å². The quantitative estimate of drug-likeness (QED) is 0.829.